The summed E-state index contributed by atoms with van der Waals surface area (Å²) in [7, 11) is 3.05. The van der Waals surface area contributed by atoms with E-state index in [4.69, 9.17) is 14.5 Å². The topological polar surface area (TPSA) is 100 Å². The number of nitrogens with one attached hydrogen (secondary N) is 1. The number of anilines is 1. The molecule has 4 aromatic rings. The quantitative estimate of drug-likeness (QED) is 0.455. The molecule has 0 unspecified atom stereocenters. The Kier molecular flexibility index (Phi) is 6.44. The molecule has 0 radical (unpaired) electrons. The minimum Gasteiger partial charge on any atom is -0.497 e. The minimum atomic E-state index is -0.414. The second-order valence-corrected chi connectivity index (χ2v) is 7.69. The first-order valence-electron chi connectivity index (χ1n) is 10.6. The van der Waals surface area contributed by atoms with Gasteiger partial charge in [0, 0.05) is 23.4 Å². The van der Waals surface area contributed by atoms with Crippen LogP contribution in [-0.2, 0) is 11.3 Å². The fraction of sp³-hybridized carbons (Fsp3) is 0.200. The van der Waals surface area contributed by atoms with Crippen molar-refractivity contribution >= 4 is 11.6 Å². The Balaban J connectivity index is 1.73. The molecule has 0 aliphatic carbocycles. The van der Waals surface area contributed by atoms with Crippen molar-refractivity contribution in [3.8, 4) is 28.7 Å². The van der Waals surface area contributed by atoms with Crippen LogP contribution in [0.25, 0.3) is 17.2 Å². The predicted octanol–water partition coefficient (Wildman–Crippen LogP) is 3.37. The molecule has 2 aromatic carbocycles. The van der Waals surface area contributed by atoms with E-state index in [0.717, 1.165) is 17.0 Å². The molecule has 9 heteroatoms. The van der Waals surface area contributed by atoms with Gasteiger partial charge < -0.3 is 14.8 Å². The number of amides is 1. The van der Waals surface area contributed by atoms with E-state index < -0.39 is 5.91 Å². The van der Waals surface area contributed by atoms with Gasteiger partial charge in [0.25, 0.3) is 5.56 Å². The van der Waals surface area contributed by atoms with Crippen LogP contribution in [0, 0.1) is 13.8 Å². The smallest absolute Gasteiger partial charge is 0.256 e. The summed E-state index contributed by atoms with van der Waals surface area (Å²) in [4.78, 5) is 30.9. The lowest BCUT2D eigenvalue weighted by Gasteiger charge is -2.16. The Morgan fingerprint density at radius 1 is 1.00 bits per heavy atom. The molecule has 0 aliphatic rings. The molecule has 34 heavy (non-hydrogen) atoms. The van der Waals surface area contributed by atoms with Crippen LogP contribution >= 0.6 is 0 Å². The highest BCUT2D eigenvalue weighted by Gasteiger charge is 2.18. The molecular weight excluding hydrogens is 434 g/mol. The van der Waals surface area contributed by atoms with Gasteiger partial charge in [0.2, 0.25) is 11.9 Å². The normalized spacial score (nSPS) is 10.7. The Morgan fingerprint density at radius 2 is 1.76 bits per heavy atom. The van der Waals surface area contributed by atoms with E-state index in [0.29, 0.717) is 22.9 Å². The Hall–Kier alpha value is -4.40. The molecule has 0 bridgehead atoms. The number of aromatic nitrogens is 4. The van der Waals surface area contributed by atoms with Gasteiger partial charge in [-0.3, -0.25) is 14.2 Å². The number of hydrogen-bond donors (Lipinski definition) is 1. The summed E-state index contributed by atoms with van der Waals surface area (Å²) >= 11 is 0. The molecule has 0 atom stereocenters. The van der Waals surface area contributed by atoms with E-state index in [1.165, 1.54) is 17.7 Å². The zero-order valence-electron chi connectivity index (χ0n) is 19.4. The third-order valence-corrected chi connectivity index (χ3v) is 5.24. The van der Waals surface area contributed by atoms with Crippen molar-refractivity contribution in [2.75, 3.05) is 19.5 Å². The van der Waals surface area contributed by atoms with E-state index in [1.54, 1.807) is 30.0 Å². The second kappa shape index (κ2) is 9.62. The monoisotopic (exact) mass is 459 g/mol. The van der Waals surface area contributed by atoms with Crippen molar-refractivity contribution in [1.82, 2.24) is 19.3 Å². The molecule has 4 rings (SSSR count). The lowest BCUT2D eigenvalue weighted by atomic mass is 10.1. The lowest BCUT2D eigenvalue weighted by molar-refractivity contribution is -0.116. The van der Waals surface area contributed by atoms with Crippen LogP contribution in [0.2, 0.25) is 0 Å². The first-order valence-corrected chi connectivity index (χ1v) is 10.6. The number of carbonyl (C=O) groups is 1. The van der Waals surface area contributed by atoms with E-state index in [9.17, 15) is 9.59 Å². The molecule has 0 fully saturated rings. The van der Waals surface area contributed by atoms with Gasteiger partial charge in [-0.1, -0.05) is 30.3 Å². The van der Waals surface area contributed by atoms with Crippen LogP contribution in [0.3, 0.4) is 0 Å². The molecular formula is C25H25N5O4. The molecule has 0 aliphatic heterocycles. The van der Waals surface area contributed by atoms with Crippen molar-refractivity contribution in [2.45, 2.75) is 20.4 Å². The summed E-state index contributed by atoms with van der Waals surface area (Å²) < 4.78 is 13.4. The van der Waals surface area contributed by atoms with Crippen LogP contribution in [0.15, 0.2) is 65.5 Å². The molecule has 0 saturated heterocycles. The SMILES string of the molecule is COc1ccc(NC(=O)Cn2c(-n3nc(C)cc3C)nc(-c3ccccc3)cc2=O)c(OC)c1. The van der Waals surface area contributed by atoms with Crippen LogP contribution < -0.4 is 20.3 Å². The van der Waals surface area contributed by atoms with Gasteiger partial charge in [-0.25, -0.2) is 9.67 Å². The average molecular weight is 460 g/mol. The zero-order chi connectivity index (χ0) is 24.2. The summed E-state index contributed by atoms with van der Waals surface area (Å²) in [6.07, 6.45) is 0. The van der Waals surface area contributed by atoms with Gasteiger partial charge in [-0.2, -0.15) is 5.10 Å². The van der Waals surface area contributed by atoms with Gasteiger partial charge in [0.1, 0.15) is 18.0 Å². The summed E-state index contributed by atoms with van der Waals surface area (Å²) in [6.45, 7) is 3.47. The van der Waals surface area contributed by atoms with Crippen LogP contribution in [0.4, 0.5) is 5.69 Å². The molecule has 9 nitrogen and oxygen atoms in total. The third-order valence-electron chi connectivity index (χ3n) is 5.24. The molecule has 0 spiro atoms. The maximum atomic E-state index is 13.2. The predicted molar refractivity (Wildman–Crippen MR) is 129 cm³/mol. The number of carbonyl (C=O) groups excluding carboxylic acids is 1. The van der Waals surface area contributed by atoms with E-state index >= 15 is 0 Å². The third kappa shape index (κ3) is 4.68. The summed E-state index contributed by atoms with van der Waals surface area (Å²) in [5.74, 6) is 0.881. The summed E-state index contributed by atoms with van der Waals surface area (Å²) in [5.41, 5.74) is 2.95. The number of ether oxygens (including phenoxy) is 2. The zero-order valence-corrected chi connectivity index (χ0v) is 19.4. The summed E-state index contributed by atoms with van der Waals surface area (Å²) in [6, 6.07) is 17.8. The fourth-order valence-corrected chi connectivity index (χ4v) is 3.63. The first kappa shape index (κ1) is 22.8. The van der Waals surface area contributed by atoms with E-state index in [-0.39, 0.29) is 18.1 Å². The van der Waals surface area contributed by atoms with Crippen molar-refractivity contribution < 1.29 is 14.3 Å². The summed E-state index contributed by atoms with van der Waals surface area (Å²) in [5, 5.41) is 7.28. The van der Waals surface area contributed by atoms with Gasteiger partial charge in [-0.05, 0) is 32.0 Å². The Bertz CT molecular complexity index is 1390. The van der Waals surface area contributed by atoms with Crippen molar-refractivity contribution in [3.05, 3.63) is 82.4 Å². The Labute approximate surface area is 196 Å². The van der Waals surface area contributed by atoms with Crippen molar-refractivity contribution in [3.63, 3.8) is 0 Å². The standard InChI is InChI=1S/C25H25N5O4/c1-16-12-17(2)30(28-16)25-27-21(18-8-6-5-7-9-18)14-24(32)29(25)15-23(31)26-20-11-10-19(33-3)13-22(20)34-4/h5-14H,15H2,1-4H3,(H,26,31). The molecule has 1 N–H and O–H groups in total. The molecule has 0 saturated carbocycles. The number of rotatable bonds is 7. The van der Waals surface area contributed by atoms with E-state index in [1.807, 2.05) is 50.2 Å². The number of hydrogen-bond acceptors (Lipinski definition) is 6. The molecule has 174 valence electrons. The van der Waals surface area contributed by atoms with E-state index in [2.05, 4.69) is 10.4 Å². The molecule has 2 aromatic heterocycles. The van der Waals surface area contributed by atoms with Crippen molar-refractivity contribution in [1.29, 1.82) is 0 Å². The maximum absolute atomic E-state index is 13.2. The maximum Gasteiger partial charge on any atom is 0.256 e. The first-order chi connectivity index (χ1) is 16.4. The number of benzene rings is 2. The second-order valence-electron chi connectivity index (χ2n) is 7.69. The fourth-order valence-electron chi connectivity index (χ4n) is 3.63. The van der Waals surface area contributed by atoms with Crippen molar-refractivity contribution in [2.24, 2.45) is 0 Å². The van der Waals surface area contributed by atoms with Crippen LogP contribution in [0.5, 0.6) is 11.5 Å². The van der Waals surface area contributed by atoms with Crippen LogP contribution in [-0.4, -0.2) is 39.5 Å². The van der Waals surface area contributed by atoms with Gasteiger partial charge in [0.15, 0.2) is 0 Å². The van der Waals surface area contributed by atoms with Crippen LogP contribution in [0.1, 0.15) is 11.4 Å². The van der Waals surface area contributed by atoms with Gasteiger partial charge >= 0.3 is 0 Å². The Morgan fingerprint density at radius 3 is 2.41 bits per heavy atom. The minimum absolute atomic E-state index is 0.258. The van der Waals surface area contributed by atoms with Gasteiger partial charge in [-0.15, -0.1) is 0 Å². The average Bonchev–Trinajstić information content (AvgIpc) is 3.18. The number of methoxy groups -OCH3 is 2. The number of aryl methyl sites for hydroxylation is 2. The highest BCUT2D eigenvalue weighted by Crippen LogP contribution is 2.29. The molecule has 1 amide bonds. The highest BCUT2D eigenvalue weighted by molar-refractivity contribution is 5.92. The number of nitrogens with zero attached hydrogens (tertiary/aromatic N) is 4. The highest BCUT2D eigenvalue weighted by atomic mass is 16.5. The largest absolute Gasteiger partial charge is 0.497 e. The molecule has 2 heterocycles. The lowest BCUT2D eigenvalue weighted by Crippen LogP contribution is -2.31. The van der Waals surface area contributed by atoms with Gasteiger partial charge in [0.05, 0.1) is 31.3 Å².